The lowest BCUT2D eigenvalue weighted by molar-refractivity contribution is 0.179. The maximum Gasteiger partial charge on any atom is 0.224 e. The summed E-state index contributed by atoms with van der Waals surface area (Å²) in [4.78, 5) is 13.8. The Balaban J connectivity index is 2.10. The van der Waals surface area contributed by atoms with Crippen molar-refractivity contribution in [2.24, 2.45) is 0 Å². The summed E-state index contributed by atoms with van der Waals surface area (Å²) < 4.78 is 0. The topological polar surface area (TPSA) is 32.3 Å². The summed E-state index contributed by atoms with van der Waals surface area (Å²) in [5, 5.41) is 0. The van der Waals surface area contributed by atoms with E-state index in [-0.39, 0.29) is 0 Å². The van der Waals surface area contributed by atoms with Gasteiger partial charge < -0.3 is 9.80 Å². The molecule has 1 unspecified atom stereocenters. The Morgan fingerprint density at radius 3 is 2.50 bits per heavy atom. The van der Waals surface area contributed by atoms with Gasteiger partial charge in [-0.25, -0.2) is 9.97 Å². The lowest BCUT2D eigenvalue weighted by Crippen LogP contribution is -2.40. The zero-order valence-electron chi connectivity index (χ0n) is 13.4. The normalized spacial score (nSPS) is 18.1. The fraction of sp³-hybridized carbons (Fsp3) is 0.750. The Labute approximate surface area is 123 Å². The molecule has 0 N–H and O–H groups in total. The lowest BCUT2D eigenvalue weighted by Gasteiger charge is -2.34. The summed E-state index contributed by atoms with van der Waals surface area (Å²) in [7, 11) is 4.00. The summed E-state index contributed by atoms with van der Waals surface area (Å²) in [5.41, 5.74) is 2.61. The van der Waals surface area contributed by atoms with E-state index in [4.69, 9.17) is 4.98 Å². The van der Waals surface area contributed by atoms with Gasteiger partial charge >= 0.3 is 0 Å². The number of aromatic nitrogens is 2. The second-order valence-electron chi connectivity index (χ2n) is 5.97. The van der Waals surface area contributed by atoms with Gasteiger partial charge in [0.1, 0.15) is 0 Å². The van der Waals surface area contributed by atoms with Crippen molar-refractivity contribution in [1.29, 1.82) is 0 Å². The van der Waals surface area contributed by atoms with Gasteiger partial charge in [-0.05, 0) is 50.8 Å². The molecule has 0 saturated heterocycles. The van der Waals surface area contributed by atoms with Crippen LogP contribution >= 0.6 is 0 Å². The van der Waals surface area contributed by atoms with Crippen molar-refractivity contribution in [3.05, 3.63) is 17.5 Å². The summed E-state index contributed by atoms with van der Waals surface area (Å²) in [6.07, 6.45) is 7.95. The van der Waals surface area contributed by atoms with Gasteiger partial charge in [0.05, 0.1) is 0 Å². The SMILES string of the molecule is CCCN(CCC)C1CCc2nc(N(C)C)ncc2C1. The minimum Gasteiger partial charge on any atom is -0.347 e. The number of hydrogen-bond acceptors (Lipinski definition) is 4. The van der Waals surface area contributed by atoms with Crippen LogP contribution < -0.4 is 4.90 Å². The van der Waals surface area contributed by atoms with Crippen LogP contribution in [0.4, 0.5) is 5.95 Å². The number of fused-ring (bicyclic) bond motifs is 1. The first-order chi connectivity index (χ1) is 9.65. The summed E-state index contributed by atoms with van der Waals surface area (Å²) in [6.45, 7) is 6.97. The molecule has 20 heavy (non-hydrogen) atoms. The van der Waals surface area contributed by atoms with Crippen LogP contribution in [0.5, 0.6) is 0 Å². The van der Waals surface area contributed by atoms with Crippen molar-refractivity contribution >= 4 is 5.95 Å². The zero-order chi connectivity index (χ0) is 14.5. The predicted octanol–water partition coefficient (Wildman–Crippen LogP) is 2.52. The molecule has 0 amide bonds. The monoisotopic (exact) mass is 276 g/mol. The molecule has 1 atom stereocenters. The third-order valence-corrected chi connectivity index (χ3v) is 4.05. The summed E-state index contributed by atoms with van der Waals surface area (Å²) in [6, 6.07) is 0.677. The molecule has 0 fully saturated rings. The minimum absolute atomic E-state index is 0.677. The molecule has 2 rings (SSSR count). The van der Waals surface area contributed by atoms with Crippen LogP contribution in [0, 0.1) is 0 Å². The highest BCUT2D eigenvalue weighted by molar-refractivity contribution is 5.33. The van der Waals surface area contributed by atoms with E-state index in [1.165, 1.54) is 43.6 Å². The molecule has 1 aliphatic rings. The number of hydrogen-bond donors (Lipinski definition) is 0. The Morgan fingerprint density at radius 1 is 1.20 bits per heavy atom. The van der Waals surface area contributed by atoms with E-state index in [9.17, 15) is 0 Å². The molecular formula is C16H28N4. The van der Waals surface area contributed by atoms with Crippen molar-refractivity contribution < 1.29 is 0 Å². The lowest BCUT2D eigenvalue weighted by atomic mass is 9.91. The van der Waals surface area contributed by atoms with Gasteiger partial charge in [0.15, 0.2) is 0 Å². The Bertz CT molecular complexity index is 424. The first-order valence-electron chi connectivity index (χ1n) is 7.91. The summed E-state index contributed by atoms with van der Waals surface area (Å²) in [5.74, 6) is 0.834. The largest absolute Gasteiger partial charge is 0.347 e. The summed E-state index contributed by atoms with van der Waals surface area (Å²) >= 11 is 0. The molecule has 112 valence electrons. The molecular weight excluding hydrogens is 248 g/mol. The molecule has 0 saturated carbocycles. The molecule has 0 bridgehead atoms. The van der Waals surface area contributed by atoms with Crippen LogP contribution in [-0.4, -0.2) is 48.1 Å². The molecule has 0 radical (unpaired) electrons. The molecule has 1 aliphatic carbocycles. The third-order valence-electron chi connectivity index (χ3n) is 4.05. The second kappa shape index (κ2) is 7.02. The molecule has 0 spiro atoms. The van der Waals surface area contributed by atoms with Gasteiger partial charge in [0.2, 0.25) is 5.95 Å². The van der Waals surface area contributed by atoms with Crippen LogP contribution in [0.3, 0.4) is 0 Å². The Hall–Kier alpha value is -1.16. The van der Waals surface area contributed by atoms with Crippen molar-refractivity contribution in [2.45, 2.75) is 52.0 Å². The van der Waals surface area contributed by atoms with E-state index in [1.54, 1.807) is 0 Å². The number of aryl methyl sites for hydroxylation is 1. The van der Waals surface area contributed by atoms with Gasteiger partial charge in [0, 0.05) is 32.0 Å². The number of anilines is 1. The number of nitrogens with zero attached hydrogens (tertiary/aromatic N) is 4. The van der Waals surface area contributed by atoms with Crippen molar-refractivity contribution in [3.8, 4) is 0 Å². The van der Waals surface area contributed by atoms with Gasteiger partial charge in [-0.2, -0.15) is 0 Å². The predicted molar refractivity (Wildman–Crippen MR) is 84.3 cm³/mol. The highest BCUT2D eigenvalue weighted by Crippen LogP contribution is 2.24. The van der Waals surface area contributed by atoms with E-state index in [0.29, 0.717) is 6.04 Å². The van der Waals surface area contributed by atoms with Crippen molar-refractivity contribution in [2.75, 3.05) is 32.1 Å². The first-order valence-corrected chi connectivity index (χ1v) is 7.91. The van der Waals surface area contributed by atoms with Crippen LogP contribution in [-0.2, 0) is 12.8 Å². The van der Waals surface area contributed by atoms with E-state index >= 15 is 0 Å². The van der Waals surface area contributed by atoms with Crippen LogP contribution in [0.2, 0.25) is 0 Å². The average Bonchev–Trinajstić information content (AvgIpc) is 2.46. The third kappa shape index (κ3) is 3.48. The van der Waals surface area contributed by atoms with Crippen LogP contribution in [0.15, 0.2) is 6.20 Å². The first kappa shape index (κ1) is 15.2. The van der Waals surface area contributed by atoms with Crippen LogP contribution in [0.25, 0.3) is 0 Å². The van der Waals surface area contributed by atoms with E-state index in [1.807, 2.05) is 25.2 Å². The van der Waals surface area contributed by atoms with Gasteiger partial charge in [0.25, 0.3) is 0 Å². The zero-order valence-corrected chi connectivity index (χ0v) is 13.4. The maximum absolute atomic E-state index is 4.69. The smallest absolute Gasteiger partial charge is 0.224 e. The highest BCUT2D eigenvalue weighted by Gasteiger charge is 2.24. The Kier molecular flexibility index (Phi) is 5.35. The number of rotatable bonds is 6. The van der Waals surface area contributed by atoms with Crippen LogP contribution in [0.1, 0.15) is 44.4 Å². The van der Waals surface area contributed by atoms with Gasteiger partial charge in [-0.15, -0.1) is 0 Å². The van der Waals surface area contributed by atoms with Crippen molar-refractivity contribution in [3.63, 3.8) is 0 Å². The molecule has 0 aliphatic heterocycles. The van der Waals surface area contributed by atoms with Gasteiger partial charge in [-0.3, -0.25) is 0 Å². The van der Waals surface area contributed by atoms with Gasteiger partial charge in [-0.1, -0.05) is 13.8 Å². The van der Waals surface area contributed by atoms with E-state index in [2.05, 4.69) is 23.7 Å². The standard InChI is InChI=1S/C16H28N4/c1-5-9-20(10-6-2)14-7-8-15-13(11-14)12-17-16(18-15)19(3)4/h12,14H,5-11H2,1-4H3. The fourth-order valence-corrected chi connectivity index (χ4v) is 3.06. The maximum atomic E-state index is 4.69. The molecule has 1 heterocycles. The second-order valence-corrected chi connectivity index (χ2v) is 5.97. The molecule has 1 aromatic rings. The average molecular weight is 276 g/mol. The molecule has 0 aromatic carbocycles. The quantitative estimate of drug-likeness (QED) is 0.799. The van der Waals surface area contributed by atoms with E-state index < -0.39 is 0 Å². The minimum atomic E-state index is 0.677. The fourth-order valence-electron chi connectivity index (χ4n) is 3.06. The molecule has 4 heteroatoms. The molecule has 4 nitrogen and oxygen atoms in total. The Morgan fingerprint density at radius 2 is 1.90 bits per heavy atom. The molecule has 1 aromatic heterocycles. The van der Waals surface area contributed by atoms with E-state index in [0.717, 1.165) is 18.8 Å². The highest BCUT2D eigenvalue weighted by atomic mass is 15.2. The van der Waals surface area contributed by atoms with Crippen molar-refractivity contribution in [1.82, 2.24) is 14.9 Å².